The molecular formula is C16H9NO6. The van der Waals surface area contributed by atoms with Crippen molar-refractivity contribution >= 4 is 29.5 Å². The minimum Gasteiger partial charge on any atom is -0.478 e. The molecule has 0 saturated carbocycles. The molecule has 1 aliphatic rings. The second kappa shape index (κ2) is 5.38. The first kappa shape index (κ1) is 14.5. The van der Waals surface area contributed by atoms with E-state index < -0.39 is 23.8 Å². The molecule has 2 N–H and O–H groups in total. The van der Waals surface area contributed by atoms with Crippen molar-refractivity contribution in [1.82, 2.24) is 0 Å². The number of esters is 2. The van der Waals surface area contributed by atoms with Gasteiger partial charge in [0.1, 0.15) is 0 Å². The quantitative estimate of drug-likeness (QED) is 0.662. The highest BCUT2D eigenvalue weighted by molar-refractivity contribution is 6.19. The number of aromatic carboxylic acids is 1. The molecule has 3 rings (SSSR count). The summed E-state index contributed by atoms with van der Waals surface area (Å²) < 4.78 is 4.42. The van der Waals surface area contributed by atoms with Gasteiger partial charge in [0.05, 0.1) is 22.3 Å². The fourth-order valence-corrected chi connectivity index (χ4v) is 2.22. The van der Waals surface area contributed by atoms with E-state index in [0.717, 1.165) is 12.1 Å². The number of fused-ring (bicyclic) bond motifs is 1. The number of ether oxygens (including phenoxy) is 1. The number of hydrogen-bond donors (Lipinski definition) is 2. The molecule has 0 fully saturated rings. The Bertz CT molecular complexity index is 856. The van der Waals surface area contributed by atoms with Crippen LogP contribution in [0.15, 0.2) is 42.5 Å². The smallest absolute Gasteiger partial charge is 0.346 e. The van der Waals surface area contributed by atoms with Crippen molar-refractivity contribution in [3.63, 3.8) is 0 Å². The van der Waals surface area contributed by atoms with E-state index in [1.807, 2.05) is 0 Å². The molecule has 0 aromatic heterocycles. The predicted molar refractivity (Wildman–Crippen MR) is 77.5 cm³/mol. The Morgan fingerprint density at radius 2 is 1.48 bits per heavy atom. The van der Waals surface area contributed by atoms with Gasteiger partial charge in [-0.15, -0.1) is 0 Å². The molecule has 0 spiro atoms. The molecule has 0 aliphatic carbocycles. The first-order valence-electron chi connectivity index (χ1n) is 6.51. The SMILES string of the molecule is O=C(O)c1cc2c(cc1C(=O)Nc1ccccc1)C(=O)OC2=O. The number of cyclic esters (lactones) is 2. The lowest BCUT2D eigenvalue weighted by Crippen LogP contribution is -2.17. The summed E-state index contributed by atoms with van der Waals surface area (Å²) in [6, 6.07) is 10.5. The minimum atomic E-state index is -1.39. The number of carboxylic acids is 1. The standard InChI is InChI=1S/C16H9NO6/c18-13(17-8-4-2-1-3-5-8)9-6-11-12(7-10(9)14(19)20)16(22)23-15(11)21/h1-7H,(H,17,18)(H,19,20). The van der Waals surface area contributed by atoms with Gasteiger partial charge in [0.15, 0.2) is 0 Å². The summed E-state index contributed by atoms with van der Waals surface area (Å²) in [5, 5.41) is 11.8. The van der Waals surface area contributed by atoms with Gasteiger partial charge >= 0.3 is 17.9 Å². The molecule has 7 nitrogen and oxygen atoms in total. The third-order valence-electron chi connectivity index (χ3n) is 3.29. The predicted octanol–water partition coefficient (Wildman–Crippen LogP) is 1.95. The minimum absolute atomic E-state index is 0.127. The molecule has 7 heteroatoms. The van der Waals surface area contributed by atoms with Crippen molar-refractivity contribution in [2.45, 2.75) is 0 Å². The lowest BCUT2D eigenvalue weighted by Gasteiger charge is -2.08. The maximum atomic E-state index is 12.3. The van der Waals surface area contributed by atoms with Crippen LogP contribution in [0.5, 0.6) is 0 Å². The van der Waals surface area contributed by atoms with E-state index in [4.69, 9.17) is 0 Å². The van der Waals surface area contributed by atoms with Gasteiger partial charge in [-0.2, -0.15) is 0 Å². The van der Waals surface area contributed by atoms with Crippen LogP contribution in [0.25, 0.3) is 0 Å². The fraction of sp³-hybridized carbons (Fsp3) is 0. The number of carbonyl (C=O) groups excluding carboxylic acids is 3. The van der Waals surface area contributed by atoms with E-state index >= 15 is 0 Å². The largest absolute Gasteiger partial charge is 0.478 e. The van der Waals surface area contributed by atoms with Crippen LogP contribution in [0.3, 0.4) is 0 Å². The molecule has 0 bridgehead atoms. The van der Waals surface area contributed by atoms with Crippen LogP contribution >= 0.6 is 0 Å². The van der Waals surface area contributed by atoms with Crippen LogP contribution < -0.4 is 5.32 Å². The number of nitrogens with one attached hydrogen (secondary N) is 1. The Labute approximate surface area is 129 Å². The van der Waals surface area contributed by atoms with E-state index in [0.29, 0.717) is 5.69 Å². The third-order valence-corrected chi connectivity index (χ3v) is 3.29. The van der Waals surface area contributed by atoms with Gasteiger partial charge in [0, 0.05) is 5.69 Å². The average Bonchev–Trinajstić information content (AvgIpc) is 2.81. The molecule has 114 valence electrons. The normalized spacial score (nSPS) is 12.5. The third kappa shape index (κ3) is 2.55. The van der Waals surface area contributed by atoms with Gasteiger partial charge in [0.2, 0.25) is 0 Å². The van der Waals surface area contributed by atoms with Crippen LogP contribution in [-0.4, -0.2) is 28.9 Å². The molecule has 0 atom stereocenters. The number of para-hydroxylation sites is 1. The molecule has 0 unspecified atom stereocenters. The number of carboxylic acid groups (broad SMARTS) is 1. The summed E-state index contributed by atoms with van der Waals surface area (Å²) in [5.41, 5.74) is -0.439. The van der Waals surface area contributed by atoms with Crippen LogP contribution in [0.4, 0.5) is 5.69 Å². The van der Waals surface area contributed by atoms with Gasteiger partial charge in [-0.3, -0.25) is 4.79 Å². The molecule has 2 aromatic carbocycles. The number of rotatable bonds is 3. The maximum absolute atomic E-state index is 12.3. The second-order valence-corrected chi connectivity index (χ2v) is 4.75. The van der Waals surface area contributed by atoms with Crippen LogP contribution in [0.2, 0.25) is 0 Å². The Kier molecular flexibility index (Phi) is 3.38. The molecule has 2 aromatic rings. The van der Waals surface area contributed by atoms with Crippen LogP contribution in [0.1, 0.15) is 41.4 Å². The monoisotopic (exact) mass is 311 g/mol. The van der Waals surface area contributed by atoms with Gasteiger partial charge < -0.3 is 15.2 Å². The highest BCUT2D eigenvalue weighted by Crippen LogP contribution is 2.25. The average molecular weight is 311 g/mol. The zero-order valence-corrected chi connectivity index (χ0v) is 11.5. The van der Waals surface area contributed by atoms with Crippen LogP contribution in [-0.2, 0) is 4.74 Å². The zero-order chi connectivity index (χ0) is 16.6. The topological polar surface area (TPSA) is 110 Å². The number of amides is 1. The van der Waals surface area contributed by atoms with Gasteiger partial charge in [-0.1, -0.05) is 18.2 Å². The van der Waals surface area contributed by atoms with Crippen molar-refractivity contribution in [3.05, 3.63) is 64.7 Å². The number of anilines is 1. The Morgan fingerprint density at radius 3 is 2.04 bits per heavy atom. The molecule has 0 radical (unpaired) electrons. The zero-order valence-electron chi connectivity index (χ0n) is 11.5. The lowest BCUT2D eigenvalue weighted by molar-refractivity contribution is 0.0443. The Balaban J connectivity index is 2.06. The molecule has 1 amide bonds. The molecule has 0 saturated heterocycles. The van der Waals surface area contributed by atoms with E-state index in [2.05, 4.69) is 10.1 Å². The molecule has 23 heavy (non-hydrogen) atoms. The Hall–Kier alpha value is -3.48. The maximum Gasteiger partial charge on any atom is 0.346 e. The first-order chi connectivity index (χ1) is 11.0. The van der Waals surface area contributed by atoms with Gasteiger partial charge in [-0.25, -0.2) is 14.4 Å². The summed E-state index contributed by atoms with van der Waals surface area (Å²) >= 11 is 0. The summed E-state index contributed by atoms with van der Waals surface area (Å²) in [6.07, 6.45) is 0. The molecular weight excluding hydrogens is 302 g/mol. The first-order valence-corrected chi connectivity index (χ1v) is 6.51. The summed E-state index contributed by atoms with van der Waals surface area (Å²) in [4.78, 5) is 46.7. The van der Waals surface area contributed by atoms with Crippen molar-refractivity contribution in [1.29, 1.82) is 0 Å². The second-order valence-electron chi connectivity index (χ2n) is 4.75. The summed E-state index contributed by atoms with van der Waals surface area (Å²) in [6.45, 7) is 0. The number of hydrogen-bond acceptors (Lipinski definition) is 5. The lowest BCUT2D eigenvalue weighted by atomic mass is 9.98. The number of carbonyl (C=O) groups is 4. The van der Waals surface area contributed by atoms with E-state index in [1.165, 1.54) is 0 Å². The van der Waals surface area contributed by atoms with Crippen LogP contribution in [0, 0.1) is 0 Å². The van der Waals surface area contributed by atoms with E-state index in [9.17, 15) is 24.3 Å². The van der Waals surface area contributed by atoms with Crippen molar-refractivity contribution in [3.8, 4) is 0 Å². The van der Waals surface area contributed by atoms with E-state index in [-0.39, 0.29) is 22.3 Å². The summed E-state index contributed by atoms with van der Waals surface area (Å²) in [7, 11) is 0. The highest BCUT2D eigenvalue weighted by Gasteiger charge is 2.33. The van der Waals surface area contributed by atoms with Gasteiger partial charge in [-0.05, 0) is 24.3 Å². The number of benzene rings is 2. The molecule has 1 aliphatic heterocycles. The van der Waals surface area contributed by atoms with E-state index in [1.54, 1.807) is 30.3 Å². The van der Waals surface area contributed by atoms with Crippen molar-refractivity contribution in [2.75, 3.05) is 5.32 Å². The van der Waals surface area contributed by atoms with Gasteiger partial charge in [0.25, 0.3) is 5.91 Å². The summed E-state index contributed by atoms with van der Waals surface area (Å²) in [5.74, 6) is -3.93. The van der Waals surface area contributed by atoms with Crippen molar-refractivity contribution < 1.29 is 29.0 Å². The molecule has 1 heterocycles. The highest BCUT2D eigenvalue weighted by atomic mass is 16.6. The Morgan fingerprint density at radius 1 is 0.913 bits per heavy atom. The van der Waals surface area contributed by atoms with Crippen molar-refractivity contribution in [2.24, 2.45) is 0 Å². The fourth-order valence-electron chi connectivity index (χ4n) is 2.22.